The summed E-state index contributed by atoms with van der Waals surface area (Å²) in [5.74, 6) is -5.43. The lowest BCUT2D eigenvalue weighted by atomic mass is 9.78. The minimum absolute atomic E-state index is 0.00367. The van der Waals surface area contributed by atoms with Gasteiger partial charge in [-0.15, -0.1) is 0 Å². The van der Waals surface area contributed by atoms with E-state index in [-0.39, 0.29) is 36.3 Å². The molecule has 1 fully saturated rings. The molecule has 1 aromatic rings. The van der Waals surface area contributed by atoms with Crippen LogP contribution in [0.15, 0.2) is 18.2 Å². The summed E-state index contributed by atoms with van der Waals surface area (Å²) in [5.41, 5.74) is 0.225. The second-order valence-electron chi connectivity index (χ2n) is 5.26. The van der Waals surface area contributed by atoms with Crippen LogP contribution in [0.4, 0.5) is 13.2 Å². The van der Waals surface area contributed by atoms with E-state index in [1.807, 2.05) is 6.07 Å². The number of carbonyl (C=O) groups is 1. The summed E-state index contributed by atoms with van der Waals surface area (Å²) in [6.45, 7) is 0. The van der Waals surface area contributed by atoms with Gasteiger partial charge in [-0.25, -0.2) is 13.2 Å². The zero-order valence-corrected chi connectivity index (χ0v) is 11.8. The molecule has 0 amide bonds. The number of halogens is 4. The van der Waals surface area contributed by atoms with Gasteiger partial charge in [0.2, 0.25) is 5.92 Å². The molecule has 0 heterocycles. The summed E-state index contributed by atoms with van der Waals surface area (Å²) in [5, 5.41) is 9.20. The Labute approximate surface area is 125 Å². The van der Waals surface area contributed by atoms with Gasteiger partial charge in [0.25, 0.3) is 0 Å². The second-order valence-corrected chi connectivity index (χ2v) is 5.67. The van der Waals surface area contributed by atoms with Gasteiger partial charge in [-0.05, 0) is 30.5 Å². The smallest absolute Gasteiger partial charge is 0.248 e. The van der Waals surface area contributed by atoms with E-state index in [1.165, 1.54) is 6.07 Å². The maximum atomic E-state index is 13.1. The van der Waals surface area contributed by atoms with Crippen LogP contribution in [0.3, 0.4) is 0 Å². The summed E-state index contributed by atoms with van der Waals surface area (Å²) < 4.78 is 39.3. The number of carbonyl (C=O) groups excluding carboxylic acids is 1. The number of alkyl halides is 2. The number of hydrogen-bond donors (Lipinski definition) is 0. The SMILES string of the molecule is N#CC(C(=O)C1CCC(F)(F)CC1)c1ccc(F)cc1Cl. The number of Topliss-reactive ketones (excluding diaryl/α,β-unsaturated/α-hetero) is 1. The Balaban J connectivity index is 2.18. The van der Waals surface area contributed by atoms with Crippen molar-refractivity contribution in [1.82, 2.24) is 0 Å². The first kappa shape index (κ1) is 15.8. The highest BCUT2D eigenvalue weighted by atomic mass is 35.5. The number of rotatable bonds is 3. The van der Waals surface area contributed by atoms with Gasteiger partial charge in [0, 0.05) is 23.8 Å². The van der Waals surface area contributed by atoms with Crippen LogP contribution in [0.5, 0.6) is 0 Å². The van der Waals surface area contributed by atoms with Gasteiger partial charge in [-0.1, -0.05) is 17.7 Å². The number of hydrogen-bond acceptors (Lipinski definition) is 2. The van der Waals surface area contributed by atoms with E-state index >= 15 is 0 Å². The fourth-order valence-corrected chi connectivity index (χ4v) is 2.86. The molecule has 0 N–H and O–H groups in total. The quantitative estimate of drug-likeness (QED) is 0.825. The number of benzene rings is 1. The first-order valence-corrected chi connectivity index (χ1v) is 6.98. The molecular formula is C15H13ClF3NO. The second kappa shape index (κ2) is 6.07. The fraction of sp³-hybridized carbons (Fsp3) is 0.467. The third-order valence-electron chi connectivity index (χ3n) is 3.81. The Kier molecular flexibility index (Phi) is 4.58. The van der Waals surface area contributed by atoms with Crippen LogP contribution in [-0.2, 0) is 4.79 Å². The van der Waals surface area contributed by atoms with Crippen molar-refractivity contribution in [3.05, 3.63) is 34.6 Å². The number of nitriles is 1. The van der Waals surface area contributed by atoms with Crippen LogP contribution in [0.2, 0.25) is 5.02 Å². The molecule has 0 bridgehead atoms. The molecule has 0 spiro atoms. The monoisotopic (exact) mass is 315 g/mol. The van der Waals surface area contributed by atoms with Gasteiger partial charge in [0.1, 0.15) is 11.7 Å². The minimum atomic E-state index is -2.73. The molecule has 0 aliphatic heterocycles. The van der Waals surface area contributed by atoms with Crippen molar-refractivity contribution < 1.29 is 18.0 Å². The Morgan fingerprint density at radius 3 is 2.52 bits per heavy atom. The van der Waals surface area contributed by atoms with E-state index < -0.39 is 29.4 Å². The van der Waals surface area contributed by atoms with Crippen molar-refractivity contribution in [2.75, 3.05) is 0 Å². The lowest BCUT2D eigenvalue weighted by molar-refractivity contribution is -0.127. The third kappa shape index (κ3) is 3.56. The molecule has 1 saturated carbocycles. The van der Waals surface area contributed by atoms with Gasteiger partial charge < -0.3 is 0 Å². The molecule has 6 heteroatoms. The molecule has 1 atom stereocenters. The zero-order valence-electron chi connectivity index (χ0n) is 11.1. The summed E-state index contributed by atoms with van der Waals surface area (Å²) in [7, 11) is 0. The summed E-state index contributed by atoms with van der Waals surface area (Å²) in [4.78, 5) is 12.4. The Morgan fingerprint density at radius 1 is 1.38 bits per heavy atom. The van der Waals surface area contributed by atoms with Gasteiger partial charge >= 0.3 is 0 Å². The summed E-state index contributed by atoms with van der Waals surface area (Å²) in [6, 6.07) is 5.30. The lowest BCUT2D eigenvalue weighted by Gasteiger charge is -2.28. The van der Waals surface area contributed by atoms with E-state index in [1.54, 1.807) is 0 Å². The first-order chi connectivity index (χ1) is 9.84. The average molecular weight is 316 g/mol. The molecule has 1 unspecified atom stereocenters. The van der Waals surface area contributed by atoms with Gasteiger partial charge in [-0.3, -0.25) is 4.79 Å². The van der Waals surface area contributed by atoms with E-state index in [0.29, 0.717) is 0 Å². The van der Waals surface area contributed by atoms with Gasteiger partial charge in [-0.2, -0.15) is 5.26 Å². The van der Waals surface area contributed by atoms with Crippen molar-refractivity contribution in [1.29, 1.82) is 5.26 Å². The largest absolute Gasteiger partial charge is 0.298 e. The summed E-state index contributed by atoms with van der Waals surface area (Å²) >= 11 is 5.87. The van der Waals surface area contributed by atoms with Crippen LogP contribution >= 0.6 is 11.6 Å². The van der Waals surface area contributed by atoms with E-state index in [2.05, 4.69) is 0 Å². The average Bonchev–Trinajstić information content (AvgIpc) is 2.41. The van der Waals surface area contributed by atoms with Crippen molar-refractivity contribution in [2.24, 2.45) is 5.92 Å². The molecular weight excluding hydrogens is 303 g/mol. The van der Waals surface area contributed by atoms with Crippen molar-refractivity contribution in [3.8, 4) is 6.07 Å². The molecule has 112 valence electrons. The molecule has 2 nitrogen and oxygen atoms in total. The molecule has 2 rings (SSSR count). The van der Waals surface area contributed by atoms with Crippen LogP contribution in [0.1, 0.15) is 37.2 Å². The van der Waals surface area contributed by atoms with Gasteiger partial charge in [0.05, 0.1) is 6.07 Å². The van der Waals surface area contributed by atoms with E-state index in [9.17, 15) is 23.2 Å². The van der Waals surface area contributed by atoms with E-state index in [4.69, 9.17) is 11.6 Å². The van der Waals surface area contributed by atoms with Crippen LogP contribution in [0.25, 0.3) is 0 Å². The van der Waals surface area contributed by atoms with Crippen molar-refractivity contribution in [3.63, 3.8) is 0 Å². The van der Waals surface area contributed by atoms with Crippen LogP contribution < -0.4 is 0 Å². The topological polar surface area (TPSA) is 40.9 Å². The summed E-state index contributed by atoms with van der Waals surface area (Å²) in [6.07, 6.45) is -0.580. The standard InChI is InChI=1S/C15H13ClF3NO/c16-13-7-10(17)1-2-11(13)12(8-20)14(21)9-3-5-15(18,19)6-4-9/h1-2,7,9,12H,3-6H2. The molecule has 0 aromatic heterocycles. The predicted octanol–water partition coefficient (Wildman–Crippen LogP) is 4.48. The highest BCUT2D eigenvalue weighted by molar-refractivity contribution is 6.31. The molecule has 1 aromatic carbocycles. The molecule has 0 saturated heterocycles. The highest BCUT2D eigenvalue weighted by Gasteiger charge is 2.39. The molecule has 21 heavy (non-hydrogen) atoms. The number of ketones is 1. The minimum Gasteiger partial charge on any atom is -0.298 e. The zero-order chi connectivity index (χ0) is 15.6. The first-order valence-electron chi connectivity index (χ1n) is 6.60. The number of nitrogens with zero attached hydrogens (tertiary/aromatic N) is 1. The fourth-order valence-electron chi connectivity index (χ4n) is 2.58. The Hall–Kier alpha value is -1.54. The maximum absolute atomic E-state index is 13.1. The van der Waals surface area contributed by atoms with Crippen molar-refractivity contribution in [2.45, 2.75) is 37.5 Å². The molecule has 0 radical (unpaired) electrons. The molecule has 1 aliphatic rings. The van der Waals surface area contributed by atoms with Gasteiger partial charge in [0.15, 0.2) is 5.78 Å². The highest BCUT2D eigenvalue weighted by Crippen LogP contribution is 2.39. The Bertz CT molecular complexity index is 587. The van der Waals surface area contributed by atoms with E-state index in [0.717, 1.165) is 12.1 Å². The normalized spacial score (nSPS) is 19.8. The lowest BCUT2D eigenvalue weighted by Crippen LogP contribution is -2.31. The maximum Gasteiger partial charge on any atom is 0.248 e. The van der Waals surface area contributed by atoms with Crippen molar-refractivity contribution >= 4 is 17.4 Å². The van der Waals surface area contributed by atoms with Crippen LogP contribution in [0, 0.1) is 23.1 Å². The van der Waals surface area contributed by atoms with Crippen LogP contribution in [-0.4, -0.2) is 11.7 Å². The third-order valence-corrected chi connectivity index (χ3v) is 4.13. The predicted molar refractivity (Wildman–Crippen MR) is 71.7 cm³/mol. The molecule has 1 aliphatic carbocycles. The Morgan fingerprint density at radius 2 is 2.00 bits per heavy atom.